The summed E-state index contributed by atoms with van der Waals surface area (Å²) in [5.41, 5.74) is 1.47. The van der Waals surface area contributed by atoms with E-state index in [0.29, 0.717) is 18.7 Å². The molecule has 0 spiro atoms. The van der Waals surface area contributed by atoms with Crippen molar-refractivity contribution in [1.29, 1.82) is 0 Å². The first-order chi connectivity index (χ1) is 17.7. The summed E-state index contributed by atoms with van der Waals surface area (Å²) in [4.78, 5) is 38.5. The van der Waals surface area contributed by atoms with Gasteiger partial charge in [0.2, 0.25) is 0 Å². The molecule has 0 aromatic heterocycles. The minimum atomic E-state index is -4.02. The number of hydrogen-bond donors (Lipinski definition) is 4. The van der Waals surface area contributed by atoms with Crippen LogP contribution in [-0.4, -0.2) is 50.5 Å². The molecule has 1 fully saturated rings. The summed E-state index contributed by atoms with van der Waals surface area (Å²) in [6.45, 7) is 2.42. The topological polar surface area (TPSA) is 134 Å². The van der Waals surface area contributed by atoms with Crippen molar-refractivity contribution < 1.29 is 27.5 Å². The molecule has 1 saturated carbocycles. The second-order valence-corrected chi connectivity index (χ2v) is 10.7. The number of hydrogen-bond acceptors (Lipinski definition) is 7. The SMILES string of the molecule is Cc1ccc(S(=O)(=O)NC(=O)Nc2ccc(C(=O)OCCCN(C(=O)NS)C3CCCCC3)cc2)cc1. The summed E-state index contributed by atoms with van der Waals surface area (Å²) in [6, 6.07) is 11.0. The first-order valence-electron chi connectivity index (χ1n) is 12.1. The molecule has 2 aromatic carbocycles. The van der Waals surface area contributed by atoms with Gasteiger partial charge in [-0.25, -0.2) is 27.5 Å². The molecule has 3 rings (SSSR count). The quantitative estimate of drug-likeness (QED) is 0.210. The van der Waals surface area contributed by atoms with Crippen molar-refractivity contribution in [3.63, 3.8) is 0 Å². The molecule has 200 valence electrons. The lowest BCUT2D eigenvalue weighted by molar-refractivity contribution is 0.0486. The van der Waals surface area contributed by atoms with Gasteiger partial charge in [0.25, 0.3) is 10.0 Å². The van der Waals surface area contributed by atoms with E-state index >= 15 is 0 Å². The van der Waals surface area contributed by atoms with Crippen LogP contribution in [0.15, 0.2) is 53.4 Å². The maximum atomic E-state index is 12.4. The molecule has 0 bridgehead atoms. The van der Waals surface area contributed by atoms with Crippen LogP contribution in [0.4, 0.5) is 15.3 Å². The van der Waals surface area contributed by atoms with Crippen LogP contribution >= 0.6 is 12.8 Å². The number of nitrogens with zero attached hydrogens (tertiary/aromatic N) is 1. The number of esters is 1. The van der Waals surface area contributed by atoms with Gasteiger partial charge in [0.15, 0.2) is 0 Å². The Balaban J connectivity index is 1.46. The third kappa shape index (κ3) is 8.39. The zero-order valence-corrected chi connectivity index (χ0v) is 22.3. The molecule has 0 atom stereocenters. The molecule has 0 heterocycles. The normalized spacial score (nSPS) is 13.9. The number of thiol groups is 1. The molecule has 10 nitrogen and oxygen atoms in total. The fraction of sp³-hybridized carbons (Fsp3) is 0.400. The van der Waals surface area contributed by atoms with Crippen molar-refractivity contribution in [2.45, 2.75) is 56.4 Å². The van der Waals surface area contributed by atoms with Gasteiger partial charge >= 0.3 is 18.0 Å². The van der Waals surface area contributed by atoms with Crippen LogP contribution in [0.2, 0.25) is 0 Å². The van der Waals surface area contributed by atoms with Crippen molar-refractivity contribution in [3.8, 4) is 0 Å². The summed E-state index contributed by atoms with van der Waals surface area (Å²) in [5, 5.41) is 2.43. The molecule has 0 unspecified atom stereocenters. The summed E-state index contributed by atoms with van der Waals surface area (Å²) in [5.74, 6) is -0.541. The van der Waals surface area contributed by atoms with E-state index in [9.17, 15) is 22.8 Å². The number of rotatable bonds is 9. The molecule has 1 aliphatic rings. The number of ether oxygens (including phenoxy) is 1. The Kier molecular flexibility index (Phi) is 10.2. The fourth-order valence-corrected chi connectivity index (χ4v) is 5.17. The minimum Gasteiger partial charge on any atom is -0.462 e. The maximum Gasteiger partial charge on any atom is 0.338 e. The van der Waals surface area contributed by atoms with Crippen LogP contribution in [0.3, 0.4) is 0 Å². The second-order valence-electron chi connectivity index (χ2n) is 8.84. The number of anilines is 1. The van der Waals surface area contributed by atoms with Crippen LogP contribution in [0.25, 0.3) is 0 Å². The van der Waals surface area contributed by atoms with Gasteiger partial charge in [0.05, 0.1) is 17.1 Å². The van der Waals surface area contributed by atoms with Gasteiger partial charge in [0.1, 0.15) is 0 Å². The first-order valence-corrected chi connectivity index (χ1v) is 14.0. The predicted molar refractivity (Wildman–Crippen MR) is 143 cm³/mol. The smallest absolute Gasteiger partial charge is 0.338 e. The van der Waals surface area contributed by atoms with Crippen molar-refractivity contribution in [2.24, 2.45) is 0 Å². The Morgan fingerprint density at radius 2 is 1.65 bits per heavy atom. The van der Waals surface area contributed by atoms with Crippen LogP contribution < -0.4 is 14.8 Å². The van der Waals surface area contributed by atoms with Gasteiger partial charge in [-0.2, -0.15) is 0 Å². The van der Waals surface area contributed by atoms with E-state index in [1.54, 1.807) is 17.0 Å². The highest BCUT2D eigenvalue weighted by molar-refractivity contribution is 7.90. The molecule has 37 heavy (non-hydrogen) atoms. The van der Waals surface area contributed by atoms with Crippen LogP contribution in [-0.2, 0) is 14.8 Å². The van der Waals surface area contributed by atoms with Gasteiger partial charge in [-0.05, 0) is 62.6 Å². The van der Waals surface area contributed by atoms with Gasteiger partial charge in [-0.3, -0.25) is 4.72 Å². The van der Waals surface area contributed by atoms with Crippen molar-refractivity contribution >= 4 is 46.6 Å². The molecule has 0 radical (unpaired) electrons. The van der Waals surface area contributed by atoms with E-state index in [1.807, 2.05) is 11.6 Å². The maximum absolute atomic E-state index is 12.4. The Bertz CT molecular complexity index is 1180. The third-order valence-corrected chi connectivity index (χ3v) is 7.62. The number of nitrogens with one attached hydrogen (secondary N) is 3. The second kappa shape index (κ2) is 13.3. The van der Waals surface area contributed by atoms with E-state index in [-0.39, 0.29) is 29.1 Å². The molecule has 0 aliphatic heterocycles. The summed E-state index contributed by atoms with van der Waals surface area (Å²) < 4.78 is 34.3. The van der Waals surface area contributed by atoms with Crippen LogP contribution in [0.1, 0.15) is 54.4 Å². The molecule has 1 aliphatic carbocycles. The number of urea groups is 2. The minimum absolute atomic E-state index is 0.0283. The zero-order valence-electron chi connectivity index (χ0n) is 20.6. The summed E-state index contributed by atoms with van der Waals surface area (Å²) in [7, 11) is -4.02. The van der Waals surface area contributed by atoms with Crippen molar-refractivity contribution in [2.75, 3.05) is 18.5 Å². The van der Waals surface area contributed by atoms with Crippen molar-refractivity contribution in [1.82, 2.24) is 14.3 Å². The number of carbonyl (C=O) groups is 3. The van der Waals surface area contributed by atoms with Crippen LogP contribution in [0, 0.1) is 6.92 Å². The molecular weight excluding hydrogens is 516 g/mol. The van der Waals surface area contributed by atoms with E-state index in [0.717, 1.165) is 31.2 Å². The average molecular weight is 549 g/mol. The fourth-order valence-electron chi connectivity index (χ4n) is 4.13. The molecule has 12 heteroatoms. The Morgan fingerprint density at radius 1 is 1.00 bits per heavy atom. The highest BCUT2D eigenvalue weighted by Crippen LogP contribution is 2.23. The summed E-state index contributed by atoms with van der Waals surface area (Å²) >= 11 is 3.88. The molecule has 3 N–H and O–H groups in total. The number of benzene rings is 2. The Morgan fingerprint density at radius 3 is 2.27 bits per heavy atom. The Hall–Kier alpha value is -3.25. The zero-order chi connectivity index (χ0) is 26.8. The molecular formula is C25H32N4O6S2. The van der Waals surface area contributed by atoms with Gasteiger partial charge in [-0.15, -0.1) is 0 Å². The van der Waals surface area contributed by atoms with Gasteiger partial charge < -0.3 is 15.0 Å². The first kappa shape index (κ1) is 28.3. The van der Waals surface area contributed by atoms with E-state index in [4.69, 9.17) is 4.74 Å². The van der Waals surface area contributed by atoms with E-state index in [1.165, 1.54) is 42.8 Å². The monoisotopic (exact) mass is 548 g/mol. The predicted octanol–water partition coefficient (Wildman–Crippen LogP) is 4.24. The average Bonchev–Trinajstić information content (AvgIpc) is 2.89. The highest BCUT2D eigenvalue weighted by atomic mass is 32.2. The standard InChI is InChI=1S/C25H32N4O6S2/c1-18-8-14-22(15-9-18)37(33,34)28-24(31)26-20-12-10-19(11-13-20)23(30)35-17-5-16-29(25(32)27-36)21-6-3-2-4-7-21/h8-15,21,36H,2-7,16-17H2,1H3,(H,27,32)(H2,26,28,31). The third-order valence-electron chi connectivity index (χ3n) is 6.09. The van der Waals surface area contributed by atoms with E-state index in [2.05, 4.69) is 22.9 Å². The number of aryl methyl sites for hydroxylation is 1. The number of sulfonamides is 1. The highest BCUT2D eigenvalue weighted by Gasteiger charge is 2.24. The van der Waals surface area contributed by atoms with Crippen LogP contribution in [0.5, 0.6) is 0 Å². The van der Waals surface area contributed by atoms with E-state index < -0.39 is 22.0 Å². The largest absolute Gasteiger partial charge is 0.462 e. The van der Waals surface area contributed by atoms with Gasteiger partial charge in [0, 0.05) is 18.3 Å². The molecule has 4 amide bonds. The lowest BCUT2D eigenvalue weighted by Crippen LogP contribution is -2.45. The van der Waals surface area contributed by atoms with Crippen molar-refractivity contribution in [3.05, 3.63) is 59.7 Å². The lowest BCUT2D eigenvalue weighted by Gasteiger charge is -2.33. The number of amides is 4. The van der Waals surface area contributed by atoms with Gasteiger partial charge in [-0.1, -0.05) is 49.8 Å². The molecule has 0 saturated heterocycles. The molecule has 2 aromatic rings. The summed E-state index contributed by atoms with van der Waals surface area (Å²) in [6.07, 6.45) is 5.75. The number of carbonyl (C=O) groups excluding carboxylic acids is 3. The Labute approximate surface area is 222 Å². The lowest BCUT2D eigenvalue weighted by atomic mass is 9.94.